The van der Waals surface area contributed by atoms with Gasteiger partial charge in [0.1, 0.15) is 5.82 Å². The smallest absolute Gasteiger partial charge is 0.145 e. The minimum Gasteiger partial charge on any atom is -0.291 e. The normalized spacial score (nSPS) is 11.4. The van der Waals surface area contributed by atoms with E-state index in [2.05, 4.69) is 134 Å². The molecule has 0 unspecified atom stereocenters. The molecule has 0 radical (unpaired) electrons. The molecule has 0 saturated carbocycles. The van der Waals surface area contributed by atoms with Crippen LogP contribution in [0.5, 0.6) is 0 Å². The van der Waals surface area contributed by atoms with Crippen molar-refractivity contribution in [1.29, 1.82) is 5.26 Å². The quantitative estimate of drug-likeness (QED) is 0.213. The Bertz CT molecular complexity index is 2190. The summed E-state index contributed by atoms with van der Waals surface area (Å²) >= 11 is 0. The first-order valence-electron chi connectivity index (χ1n) is 14.5. The van der Waals surface area contributed by atoms with Gasteiger partial charge < -0.3 is 0 Å². The van der Waals surface area contributed by atoms with E-state index in [1.807, 2.05) is 30.3 Å². The van der Waals surface area contributed by atoms with E-state index in [-0.39, 0.29) is 0 Å². The summed E-state index contributed by atoms with van der Waals surface area (Å²) in [6.45, 7) is 4.14. The third-order valence-corrected chi connectivity index (χ3v) is 8.08. The van der Waals surface area contributed by atoms with Gasteiger partial charge in [-0.3, -0.25) is 4.57 Å². The Hall–Kier alpha value is -5.72. The van der Waals surface area contributed by atoms with Crippen molar-refractivity contribution in [2.45, 2.75) is 13.8 Å². The van der Waals surface area contributed by atoms with Crippen LogP contribution in [0.1, 0.15) is 23.9 Å². The Labute approximate surface area is 251 Å². The molecule has 3 nitrogen and oxygen atoms in total. The van der Waals surface area contributed by atoms with E-state index in [4.69, 9.17) is 4.98 Å². The Kier molecular flexibility index (Phi) is 6.66. The zero-order valence-corrected chi connectivity index (χ0v) is 24.1. The highest BCUT2D eigenvalue weighted by atomic mass is 15.1. The number of nitriles is 1. The standard InChI is InChI=1S/C40H29N3/c1-3-9-38-27(2)42-40(32-11-5-4-6-12-32)43(38)39-36-13-8-7-10-31(36)22-23-37(39)34-21-19-30-18-20-33(24-35(30)25-34)29-16-14-28(26-41)15-17-29/h3-25H,1-2H3/b9-3-. The summed E-state index contributed by atoms with van der Waals surface area (Å²) in [5.41, 5.74) is 9.42. The molecule has 204 valence electrons. The number of nitrogens with zero attached hydrogens (tertiary/aromatic N) is 3. The number of hydrogen-bond donors (Lipinski definition) is 0. The molecule has 0 spiro atoms. The number of aromatic nitrogens is 2. The topological polar surface area (TPSA) is 41.6 Å². The Morgan fingerprint density at radius 1 is 0.651 bits per heavy atom. The minimum atomic E-state index is 0.664. The molecule has 0 amide bonds. The molecule has 3 heteroatoms. The number of benzene rings is 6. The number of hydrogen-bond acceptors (Lipinski definition) is 2. The van der Waals surface area contributed by atoms with Crippen molar-refractivity contribution in [2.24, 2.45) is 0 Å². The second-order valence-electron chi connectivity index (χ2n) is 10.8. The van der Waals surface area contributed by atoms with Crippen molar-refractivity contribution >= 4 is 27.6 Å². The fourth-order valence-corrected chi connectivity index (χ4v) is 5.96. The maximum absolute atomic E-state index is 9.22. The van der Waals surface area contributed by atoms with Crippen molar-refractivity contribution in [3.05, 3.63) is 150 Å². The SMILES string of the molecule is C/C=C\c1c(C)nc(-c2ccccc2)n1-c1c(-c2ccc3ccc(-c4ccc(C#N)cc4)cc3c2)ccc2ccccc12. The lowest BCUT2D eigenvalue weighted by Gasteiger charge is -2.19. The van der Waals surface area contributed by atoms with Gasteiger partial charge in [0.15, 0.2) is 0 Å². The van der Waals surface area contributed by atoms with Crippen molar-refractivity contribution in [3.63, 3.8) is 0 Å². The lowest BCUT2D eigenvalue weighted by atomic mass is 9.94. The highest BCUT2D eigenvalue weighted by Crippen LogP contribution is 2.39. The summed E-state index contributed by atoms with van der Waals surface area (Å²) < 4.78 is 2.33. The summed E-state index contributed by atoms with van der Waals surface area (Å²) in [5, 5.41) is 13.9. The van der Waals surface area contributed by atoms with Gasteiger partial charge in [0.25, 0.3) is 0 Å². The van der Waals surface area contributed by atoms with Crippen LogP contribution in [0.4, 0.5) is 0 Å². The maximum Gasteiger partial charge on any atom is 0.145 e. The average Bonchev–Trinajstić information content (AvgIpc) is 3.39. The molecule has 43 heavy (non-hydrogen) atoms. The van der Waals surface area contributed by atoms with Gasteiger partial charge in [0, 0.05) is 16.5 Å². The highest BCUT2D eigenvalue weighted by molar-refractivity contribution is 6.00. The molecular formula is C40H29N3. The van der Waals surface area contributed by atoms with Crippen LogP contribution in [-0.4, -0.2) is 9.55 Å². The summed E-state index contributed by atoms with van der Waals surface area (Å²) in [4.78, 5) is 5.12. The molecule has 0 aliphatic carbocycles. The molecule has 0 N–H and O–H groups in total. The zero-order valence-electron chi connectivity index (χ0n) is 24.1. The molecule has 1 heterocycles. The van der Waals surface area contributed by atoms with Crippen molar-refractivity contribution in [3.8, 4) is 45.4 Å². The second kappa shape index (κ2) is 10.9. The number of aryl methyl sites for hydroxylation is 1. The lowest BCUT2D eigenvalue weighted by molar-refractivity contribution is 1.07. The molecule has 0 aliphatic rings. The maximum atomic E-state index is 9.22. The van der Waals surface area contributed by atoms with Crippen LogP contribution in [-0.2, 0) is 0 Å². The third-order valence-electron chi connectivity index (χ3n) is 8.08. The van der Waals surface area contributed by atoms with Crippen LogP contribution in [0.3, 0.4) is 0 Å². The Morgan fingerprint density at radius 2 is 1.33 bits per heavy atom. The number of fused-ring (bicyclic) bond motifs is 2. The van der Waals surface area contributed by atoms with Crippen LogP contribution in [0.25, 0.3) is 66.9 Å². The second-order valence-corrected chi connectivity index (χ2v) is 10.8. The van der Waals surface area contributed by atoms with Gasteiger partial charge in [0.05, 0.1) is 28.7 Å². The van der Waals surface area contributed by atoms with Gasteiger partial charge in [-0.15, -0.1) is 0 Å². The van der Waals surface area contributed by atoms with Crippen LogP contribution >= 0.6 is 0 Å². The van der Waals surface area contributed by atoms with Gasteiger partial charge in [-0.25, -0.2) is 4.98 Å². The molecule has 0 bridgehead atoms. The molecular weight excluding hydrogens is 522 g/mol. The average molecular weight is 552 g/mol. The summed E-state index contributed by atoms with van der Waals surface area (Å²) in [6.07, 6.45) is 4.24. The molecule has 0 atom stereocenters. The van der Waals surface area contributed by atoms with Gasteiger partial charge in [0.2, 0.25) is 0 Å². The van der Waals surface area contributed by atoms with Gasteiger partial charge in [-0.05, 0) is 77.0 Å². The van der Waals surface area contributed by atoms with Gasteiger partial charge >= 0.3 is 0 Å². The molecule has 6 aromatic carbocycles. The minimum absolute atomic E-state index is 0.664. The first-order chi connectivity index (χ1) is 21.1. The van der Waals surface area contributed by atoms with Crippen LogP contribution in [0.15, 0.2) is 133 Å². The van der Waals surface area contributed by atoms with Crippen LogP contribution in [0, 0.1) is 18.3 Å². The van der Waals surface area contributed by atoms with E-state index < -0.39 is 0 Å². The van der Waals surface area contributed by atoms with Crippen molar-refractivity contribution in [1.82, 2.24) is 9.55 Å². The summed E-state index contributed by atoms with van der Waals surface area (Å²) in [6, 6.07) is 46.7. The molecule has 0 saturated heterocycles. The number of allylic oxidation sites excluding steroid dienone is 1. The lowest BCUT2D eigenvalue weighted by Crippen LogP contribution is -2.04. The Morgan fingerprint density at radius 3 is 2.09 bits per heavy atom. The first-order valence-corrected chi connectivity index (χ1v) is 14.5. The van der Waals surface area contributed by atoms with E-state index in [9.17, 15) is 5.26 Å². The van der Waals surface area contributed by atoms with Crippen LogP contribution < -0.4 is 0 Å². The number of rotatable bonds is 5. The monoisotopic (exact) mass is 551 g/mol. The fraction of sp³-hybridized carbons (Fsp3) is 0.0500. The first kappa shape index (κ1) is 26.2. The predicted molar refractivity (Wildman–Crippen MR) is 179 cm³/mol. The molecule has 0 fully saturated rings. The van der Waals surface area contributed by atoms with Crippen LogP contribution in [0.2, 0.25) is 0 Å². The molecule has 1 aromatic heterocycles. The van der Waals surface area contributed by atoms with Gasteiger partial charge in [-0.2, -0.15) is 5.26 Å². The van der Waals surface area contributed by atoms with E-state index in [1.165, 1.54) is 16.2 Å². The molecule has 7 rings (SSSR count). The molecule has 7 aromatic rings. The largest absolute Gasteiger partial charge is 0.291 e. The third kappa shape index (κ3) is 4.70. The summed E-state index contributed by atoms with van der Waals surface area (Å²) in [5.74, 6) is 0.924. The van der Waals surface area contributed by atoms with E-state index in [1.54, 1.807) is 0 Å². The fourth-order valence-electron chi connectivity index (χ4n) is 5.96. The van der Waals surface area contributed by atoms with E-state index in [0.29, 0.717) is 5.56 Å². The Balaban J connectivity index is 1.49. The van der Waals surface area contributed by atoms with E-state index >= 15 is 0 Å². The predicted octanol–water partition coefficient (Wildman–Crippen LogP) is 10.4. The number of imidazole rings is 1. The summed E-state index contributed by atoms with van der Waals surface area (Å²) in [7, 11) is 0. The van der Waals surface area contributed by atoms with Crippen molar-refractivity contribution < 1.29 is 0 Å². The molecule has 0 aliphatic heterocycles. The van der Waals surface area contributed by atoms with Gasteiger partial charge in [-0.1, -0.05) is 109 Å². The van der Waals surface area contributed by atoms with E-state index in [0.717, 1.165) is 56.1 Å². The van der Waals surface area contributed by atoms with Crippen molar-refractivity contribution in [2.75, 3.05) is 0 Å². The zero-order chi connectivity index (χ0) is 29.3. The highest BCUT2D eigenvalue weighted by Gasteiger charge is 2.21.